The molecule has 3 rings (SSSR count). The molecular weight excluding hydrogens is 312 g/mol. The molecule has 0 aliphatic heterocycles. The van der Waals surface area contributed by atoms with Crippen LogP contribution in [0.4, 0.5) is 17.3 Å². The summed E-state index contributed by atoms with van der Waals surface area (Å²) >= 11 is 0. The smallest absolute Gasteiger partial charge is 0.135 e. The minimum atomic E-state index is 0.629. The summed E-state index contributed by atoms with van der Waals surface area (Å²) in [7, 11) is 2.01. The van der Waals surface area contributed by atoms with Crippen LogP contribution in [0.3, 0.4) is 0 Å². The van der Waals surface area contributed by atoms with Crippen molar-refractivity contribution in [1.29, 1.82) is 5.26 Å². The Morgan fingerprint density at radius 2 is 1.84 bits per heavy atom. The van der Waals surface area contributed by atoms with E-state index in [-0.39, 0.29) is 0 Å². The number of aromatic nitrogens is 3. The van der Waals surface area contributed by atoms with Gasteiger partial charge in [0, 0.05) is 37.7 Å². The van der Waals surface area contributed by atoms with Gasteiger partial charge in [0.05, 0.1) is 11.6 Å². The molecule has 6 nitrogen and oxygen atoms in total. The van der Waals surface area contributed by atoms with E-state index in [1.807, 2.05) is 37.4 Å². The number of rotatable bonds is 6. The average Bonchev–Trinajstić information content (AvgIpc) is 2.68. The van der Waals surface area contributed by atoms with Gasteiger partial charge < -0.3 is 10.2 Å². The second kappa shape index (κ2) is 7.88. The van der Waals surface area contributed by atoms with Crippen LogP contribution in [0.25, 0.3) is 0 Å². The molecule has 1 N–H and O–H groups in total. The molecule has 0 amide bonds. The van der Waals surface area contributed by atoms with Crippen LogP contribution in [0.2, 0.25) is 0 Å². The van der Waals surface area contributed by atoms with Crippen molar-refractivity contribution >= 4 is 17.3 Å². The molecule has 0 fully saturated rings. The summed E-state index contributed by atoms with van der Waals surface area (Å²) in [6.45, 7) is 0.845. The normalized spacial score (nSPS) is 10.1. The Kier molecular flexibility index (Phi) is 5.17. The van der Waals surface area contributed by atoms with Gasteiger partial charge in [-0.05, 0) is 48.4 Å². The predicted octanol–water partition coefficient (Wildman–Crippen LogP) is 3.17. The average molecular weight is 330 g/mol. The lowest BCUT2D eigenvalue weighted by molar-refractivity contribution is 0.855. The van der Waals surface area contributed by atoms with Crippen LogP contribution in [0.15, 0.2) is 61.2 Å². The molecular formula is C19H18N6. The number of nitrogens with zero attached hydrogens (tertiary/aromatic N) is 5. The fraction of sp³-hybridized carbons (Fsp3) is 0.158. The highest BCUT2D eigenvalue weighted by atomic mass is 15.2. The van der Waals surface area contributed by atoms with Crippen molar-refractivity contribution in [3.63, 3.8) is 0 Å². The first-order valence-electron chi connectivity index (χ1n) is 7.94. The van der Waals surface area contributed by atoms with Gasteiger partial charge in [-0.25, -0.2) is 9.97 Å². The van der Waals surface area contributed by atoms with E-state index in [2.05, 4.69) is 31.2 Å². The molecule has 3 aromatic rings. The summed E-state index contributed by atoms with van der Waals surface area (Å²) in [6, 6.07) is 15.3. The third-order valence-electron chi connectivity index (χ3n) is 3.82. The molecule has 0 aliphatic carbocycles. The van der Waals surface area contributed by atoms with E-state index in [0.717, 1.165) is 24.5 Å². The highest BCUT2D eigenvalue weighted by molar-refractivity contribution is 5.60. The first-order chi connectivity index (χ1) is 12.2. The molecule has 2 aromatic heterocycles. The third kappa shape index (κ3) is 4.52. The molecule has 0 spiro atoms. The van der Waals surface area contributed by atoms with E-state index in [1.165, 1.54) is 5.56 Å². The first-order valence-corrected chi connectivity index (χ1v) is 7.94. The Bertz CT molecular complexity index is 855. The number of nitriles is 1. The number of benzene rings is 1. The van der Waals surface area contributed by atoms with Gasteiger partial charge in [-0.15, -0.1) is 0 Å². The maximum atomic E-state index is 8.85. The van der Waals surface area contributed by atoms with Gasteiger partial charge in [-0.1, -0.05) is 0 Å². The van der Waals surface area contributed by atoms with Gasteiger partial charge >= 0.3 is 0 Å². The van der Waals surface area contributed by atoms with E-state index in [1.54, 1.807) is 30.9 Å². The van der Waals surface area contributed by atoms with Crippen LogP contribution in [0.5, 0.6) is 0 Å². The van der Waals surface area contributed by atoms with E-state index in [4.69, 9.17) is 5.26 Å². The van der Waals surface area contributed by atoms with Crippen molar-refractivity contribution in [2.45, 2.75) is 6.42 Å². The summed E-state index contributed by atoms with van der Waals surface area (Å²) in [5.74, 6) is 1.56. The van der Waals surface area contributed by atoms with Gasteiger partial charge in [0.15, 0.2) is 0 Å². The molecule has 0 atom stereocenters. The molecule has 0 saturated carbocycles. The lowest BCUT2D eigenvalue weighted by atomic mass is 10.2. The first kappa shape index (κ1) is 16.4. The van der Waals surface area contributed by atoms with Crippen LogP contribution >= 0.6 is 0 Å². The van der Waals surface area contributed by atoms with Crippen LogP contribution < -0.4 is 10.2 Å². The second-order valence-corrected chi connectivity index (χ2v) is 5.60. The molecule has 0 aliphatic rings. The molecule has 25 heavy (non-hydrogen) atoms. The van der Waals surface area contributed by atoms with Crippen LogP contribution in [-0.2, 0) is 6.42 Å². The van der Waals surface area contributed by atoms with Crippen LogP contribution in [-0.4, -0.2) is 28.5 Å². The SMILES string of the molecule is CN(CCc1ccncc1)c1cc(Nc2ccc(C#N)cc2)ncn1. The minimum Gasteiger partial charge on any atom is -0.359 e. The summed E-state index contributed by atoms with van der Waals surface area (Å²) < 4.78 is 0. The van der Waals surface area contributed by atoms with Crippen molar-refractivity contribution in [2.75, 3.05) is 23.8 Å². The maximum absolute atomic E-state index is 8.85. The number of nitrogens with one attached hydrogen (secondary N) is 1. The molecule has 0 unspecified atom stereocenters. The summed E-state index contributed by atoms with van der Waals surface area (Å²) in [6.07, 6.45) is 6.07. The Morgan fingerprint density at radius 1 is 1.08 bits per heavy atom. The van der Waals surface area contributed by atoms with Gasteiger partial charge in [0.2, 0.25) is 0 Å². The zero-order chi connectivity index (χ0) is 17.5. The van der Waals surface area contributed by atoms with Crippen molar-refractivity contribution in [1.82, 2.24) is 15.0 Å². The minimum absolute atomic E-state index is 0.629. The lowest BCUT2D eigenvalue weighted by Gasteiger charge is -2.18. The van der Waals surface area contributed by atoms with E-state index >= 15 is 0 Å². The molecule has 0 radical (unpaired) electrons. The van der Waals surface area contributed by atoms with Crippen LogP contribution in [0, 0.1) is 11.3 Å². The zero-order valence-corrected chi connectivity index (χ0v) is 13.9. The highest BCUT2D eigenvalue weighted by Crippen LogP contribution is 2.18. The number of hydrogen-bond donors (Lipinski definition) is 1. The number of hydrogen-bond acceptors (Lipinski definition) is 6. The van der Waals surface area contributed by atoms with E-state index < -0.39 is 0 Å². The molecule has 1 aromatic carbocycles. The van der Waals surface area contributed by atoms with Gasteiger partial charge in [-0.3, -0.25) is 4.98 Å². The number of pyridine rings is 1. The molecule has 0 saturated heterocycles. The Balaban J connectivity index is 1.64. The largest absolute Gasteiger partial charge is 0.359 e. The molecule has 124 valence electrons. The molecule has 0 bridgehead atoms. The summed E-state index contributed by atoms with van der Waals surface area (Å²) in [5.41, 5.74) is 2.75. The quantitative estimate of drug-likeness (QED) is 0.748. The fourth-order valence-corrected chi connectivity index (χ4v) is 2.36. The van der Waals surface area contributed by atoms with Crippen LogP contribution in [0.1, 0.15) is 11.1 Å². The molecule has 6 heteroatoms. The standard InChI is InChI=1S/C19H18N6/c1-25(11-8-15-6-9-21-10-7-15)19-12-18(22-14-23-19)24-17-4-2-16(13-20)3-5-17/h2-7,9-10,12,14H,8,11H2,1H3,(H,22,23,24). The van der Waals surface area contributed by atoms with Gasteiger partial charge in [0.25, 0.3) is 0 Å². The zero-order valence-electron chi connectivity index (χ0n) is 13.9. The predicted molar refractivity (Wildman–Crippen MR) is 97.7 cm³/mol. The monoisotopic (exact) mass is 330 g/mol. The van der Waals surface area contributed by atoms with Crippen molar-refractivity contribution < 1.29 is 0 Å². The summed E-state index contributed by atoms with van der Waals surface area (Å²) in [5, 5.41) is 12.1. The molecule has 2 heterocycles. The van der Waals surface area contributed by atoms with Crippen molar-refractivity contribution in [2.24, 2.45) is 0 Å². The highest BCUT2D eigenvalue weighted by Gasteiger charge is 2.05. The Hall–Kier alpha value is -3.46. The second-order valence-electron chi connectivity index (χ2n) is 5.60. The van der Waals surface area contributed by atoms with Crippen molar-refractivity contribution in [3.8, 4) is 6.07 Å². The number of anilines is 3. The third-order valence-corrected chi connectivity index (χ3v) is 3.82. The van der Waals surface area contributed by atoms with E-state index in [0.29, 0.717) is 11.4 Å². The van der Waals surface area contributed by atoms with E-state index in [9.17, 15) is 0 Å². The van der Waals surface area contributed by atoms with Gasteiger partial charge in [-0.2, -0.15) is 5.26 Å². The fourth-order valence-electron chi connectivity index (χ4n) is 2.36. The van der Waals surface area contributed by atoms with Gasteiger partial charge in [0.1, 0.15) is 18.0 Å². The maximum Gasteiger partial charge on any atom is 0.135 e. The number of likely N-dealkylation sites (N-methyl/N-ethyl adjacent to an activating group) is 1. The summed E-state index contributed by atoms with van der Waals surface area (Å²) in [4.78, 5) is 14.7. The Morgan fingerprint density at radius 3 is 2.56 bits per heavy atom. The van der Waals surface area contributed by atoms with Crippen molar-refractivity contribution in [3.05, 3.63) is 72.3 Å². The Labute approximate surface area is 146 Å². The topological polar surface area (TPSA) is 77.7 Å². The lowest BCUT2D eigenvalue weighted by Crippen LogP contribution is -2.21.